The van der Waals surface area contributed by atoms with Crippen LogP contribution < -0.4 is 10.1 Å². The van der Waals surface area contributed by atoms with Crippen LogP contribution in [0.5, 0.6) is 5.75 Å². The summed E-state index contributed by atoms with van der Waals surface area (Å²) in [6.45, 7) is 3.62. The second-order valence-corrected chi connectivity index (χ2v) is 9.42. The van der Waals surface area contributed by atoms with Gasteiger partial charge in [0.05, 0.1) is 33.0 Å². The molecule has 0 aliphatic carbocycles. The Balaban J connectivity index is 2.05. The maximum atomic E-state index is 14.0. The fourth-order valence-electron chi connectivity index (χ4n) is 5.37. The number of carbonyl (C=O) groups excluding carboxylic acids is 3. The van der Waals surface area contributed by atoms with Gasteiger partial charge in [-0.1, -0.05) is 40.2 Å². The summed E-state index contributed by atoms with van der Waals surface area (Å²) in [5.41, 5.74) is -2.01. The summed E-state index contributed by atoms with van der Waals surface area (Å²) >= 11 is 3.49. The first kappa shape index (κ1) is 25.2. The summed E-state index contributed by atoms with van der Waals surface area (Å²) in [6.07, 6.45) is 0.274. The molecule has 2 heterocycles. The molecular weight excluding hydrogens is 518 g/mol. The zero-order valence-electron chi connectivity index (χ0n) is 19.8. The van der Waals surface area contributed by atoms with E-state index in [9.17, 15) is 14.4 Å². The predicted octanol–water partition coefficient (Wildman–Crippen LogP) is 3.68. The minimum Gasteiger partial charge on any atom is -0.497 e. The van der Waals surface area contributed by atoms with E-state index in [0.717, 1.165) is 4.47 Å². The highest BCUT2D eigenvalue weighted by Crippen LogP contribution is 2.61. The highest BCUT2D eigenvalue weighted by molar-refractivity contribution is 9.10. The monoisotopic (exact) mass is 545 g/mol. The van der Waals surface area contributed by atoms with Gasteiger partial charge in [-0.3, -0.25) is 19.7 Å². The van der Waals surface area contributed by atoms with Crippen molar-refractivity contribution in [1.82, 2.24) is 5.32 Å². The van der Waals surface area contributed by atoms with E-state index in [2.05, 4.69) is 21.2 Å². The van der Waals surface area contributed by atoms with Crippen molar-refractivity contribution < 1.29 is 33.3 Å². The largest absolute Gasteiger partial charge is 0.497 e. The highest BCUT2D eigenvalue weighted by Gasteiger charge is 2.75. The Morgan fingerprint density at radius 3 is 2.23 bits per heavy atom. The molecule has 35 heavy (non-hydrogen) atoms. The molecule has 1 unspecified atom stereocenters. The number of nitrogens with one attached hydrogen (secondary N) is 1. The van der Waals surface area contributed by atoms with E-state index in [4.69, 9.17) is 18.9 Å². The third kappa shape index (κ3) is 4.00. The molecule has 2 aromatic rings. The van der Waals surface area contributed by atoms with Gasteiger partial charge in [0.1, 0.15) is 11.3 Å². The van der Waals surface area contributed by atoms with Crippen LogP contribution in [0.25, 0.3) is 0 Å². The van der Waals surface area contributed by atoms with Gasteiger partial charge in [0.2, 0.25) is 0 Å². The topological polar surface area (TPSA) is 100 Å². The number of esters is 3. The van der Waals surface area contributed by atoms with Crippen LogP contribution in [0.2, 0.25) is 0 Å². The molecule has 2 fully saturated rings. The summed E-state index contributed by atoms with van der Waals surface area (Å²) in [5, 5.41) is 3.38. The quantitative estimate of drug-likeness (QED) is 0.319. The molecule has 2 saturated heterocycles. The fourth-order valence-corrected chi connectivity index (χ4v) is 5.79. The average molecular weight is 546 g/mol. The lowest BCUT2D eigenvalue weighted by molar-refractivity contribution is -0.175. The van der Waals surface area contributed by atoms with Crippen LogP contribution in [0.3, 0.4) is 0 Å². The molecule has 0 amide bonds. The molecule has 1 spiro atoms. The number of ether oxygens (including phenoxy) is 4. The van der Waals surface area contributed by atoms with Crippen molar-refractivity contribution in [3.8, 4) is 5.75 Å². The number of hydrogen-bond acceptors (Lipinski definition) is 8. The molecule has 0 aromatic heterocycles. The van der Waals surface area contributed by atoms with Crippen LogP contribution in [0.4, 0.5) is 0 Å². The number of benzene rings is 2. The molecule has 3 atom stereocenters. The van der Waals surface area contributed by atoms with Gasteiger partial charge >= 0.3 is 17.9 Å². The molecule has 4 rings (SSSR count). The molecule has 0 saturated carbocycles. The maximum Gasteiger partial charge on any atom is 0.327 e. The lowest BCUT2D eigenvalue weighted by Crippen LogP contribution is -2.52. The zero-order chi connectivity index (χ0) is 25.2. The van der Waals surface area contributed by atoms with Crippen molar-refractivity contribution in [2.24, 2.45) is 5.41 Å². The molecule has 0 radical (unpaired) electrons. The van der Waals surface area contributed by atoms with Gasteiger partial charge in [-0.15, -0.1) is 0 Å². The van der Waals surface area contributed by atoms with Crippen LogP contribution in [-0.4, -0.2) is 50.4 Å². The van der Waals surface area contributed by atoms with Gasteiger partial charge in [0, 0.05) is 16.8 Å². The summed E-state index contributed by atoms with van der Waals surface area (Å²) in [5.74, 6) is -2.37. The van der Waals surface area contributed by atoms with E-state index in [0.29, 0.717) is 16.9 Å². The van der Waals surface area contributed by atoms with Crippen LogP contribution in [0.1, 0.15) is 43.4 Å². The summed E-state index contributed by atoms with van der Waals surface area (Å²) in [6, 6.07) is 13.3. The molecule has 8 nitrogen and oxygen atoms in total. The van der Waals surface area contributed by atoms with Crippen LogP contribution >= 0.6 is 15.9 Å². The van der Waals surface area contributed by atoms with Crippen molar-refractivity contribution in [2.45, 2.75) is 37.8 Å². The molecule has 2 aliphatic heterocycles. The second-order valence-electron chi connectivity index (χ2n) is 8.51. The first-order valence-corrected chi connectivity index (χ1v) is 12.3. The molecule has 186 valence electrons. The van der Waals surface area contributed by atoms with E-state index in [1.54, 1.807) is 57.4 Å². The van der Waals surface area contributed by atoms with Crippen LogP contribution in [0.15, 0.2) is 53.0 Å². The maximum absolute atomic E-state index is 14.0. The molecule has 2 aliphatic rings. The molecular formula is C26H28BrNO7. The second kappa shape index (κ2) is 9.99. The minimum atomic E-state index is -1.90. The Morgan fingerprint density at radius 1 is 1.06 bits per heavy atom. The number of cyclic esters (lactones) is 1. The molecule has 2 aromatic carbocycles. The molecule has 1 N–H and O–H groups in total. The van der Waals surface area contributed by atoms with Gasteiger partial charge in [0.25, 0.3) is 0 Å². The standard InChI is InChI=1S/C26H28BrNO7/c1-4-33-23(30)26(24(31)34-5-2)20(17-7-6-8-18(27)15-17)25(13-14-35-22(25)29)28-21(26)16-9-11-19(32-3)12-10-16/h6-12,15,20-21,28H,4-5,13-14H2,1-3H3/t20?,21-,25-/m0/s1. The minimum absolute atomic E-state index is 0.0535. The first-order valence-electron chi connectivity index (χ1n) is 11.5. The Morgan fingerprint density at radius 2 is 1.71 bits per heavy atom. The van der Waals surface area contributed by atoms with Gasteiger partial charge in [0.15, 0.2) is 5.41 Å². The Hall–Kier alpha value is -2.91. The number of hydrogen-bond donors (Lipinski definition) is 1. The summed E-state index contributed by atoms with van der Waals surface area (Å²) < 4.78 is 22.5. The van der Waals surface area contributed by atoms with Crippen LogP contribution in [0, 0.1) is 5.41 Å². The van der Waals surface area contributed by atoms with E-state index < -0.39 is 40.8 Å². The lowest BCUT2D eigenvalue weighted by atomic mass is 9.62. The van der Waals surface area contributed by atoms with Gasteiger partial charge in [-0.2, -0.15) is 0 Å². The van der Waals surface area contributed by atoms with Crippen molar-refractivity contribution in [3.63, 3.8) is 0 Å². The Bertz CT molecular complexity index is 1100. The highest BCUT2D eigenvalue weighted by atomic mass is 79.9. The molecule has 0 bridgehead atoms. The molecule has 9 heteroatoms. The normalized spacial score (nSPS) is 24.7. The third-order valence-corrected chi connectivity index (χ3v) is 7.25. The number of methoxy groups -OCH3 is 1. The summed E-state index contributed by atoms with van der Waals surface area (Å²) in [7, 11) is 1.55. The third-order valence-electron chi connectivity index (χ3n) is 6.76. The van der Waals surface area contributed by atoms with Crippen molar-refractivity contribution >= 4 is 33.8 Å². The van der Waals surface area contributed by atoms with Gasteiger partial charge < -0.3 is 18.9 Å². The van der Waals surface area contributed by atoms with Gasteiger partial charge in [-0.25, -0.2) is 0 Å². The SMILES string of the molecule is CCOC(=O)C1(C(=O)OCC)C(c2cccc(Br)c2)[C@]2(CCOC2=O)N[C@H]1c1ccc(OC)cc1. The number of rotatable bonds is 7. The van der Waals surface area contributed by atoms with E-state index in [1.165, 1.54) is 0 Å². The Kier molecular flexibility index (Phi) is 7.19. The van der Waals surface area contributed by atoms with Crippen molar-refractivity contribution in [2.75, 3.05) is 26.9 Å². The van der Waals surface area contributed by atoms with E-state index >= 15 is 0 Å². The first-order chi connectivity index (χ1) is 16.8. The van der Waals surface area contributed by atoms with E-state index in [-0.39, 0.29) is 26.2 Å². The van der Waals surface area contributed by atoms with Gasteiger partial charge in [-0.05, 0) is 49.2 Å². The smallest absolute Gasteiger partial charge is 0.327 e. The lowest BCUT2D eigenvalue weighted by Gasteiger charge is -2.37. The Labute approximate surface area is 212 Å². The number of halogens is 1. The van der Waals surface area contributed by atoms with Crippen molar-refractivity contribution in [1.29, 1.82) is 0 Å². The zero-order valence-corrected chi connectivity index (χ0v) is 21.4. The predicted molar refractivity (Wildman–Crippen MR) is 130 cm³/mol. The average Bonchev–Trinajstić information content (AvgIpc) is 3.37. The van der Waals surface area contributed by atoms with E-state index in [1.807, 2.05) is 12.1 Å². The number of carbonyl (C=O) groups is 3. The summed E-state index contributed by atoms with van der Waals surface area (Å²) in [4.78, 5) is 41.3. The van der Waals surface area contributed by atoms with Crippen LogP contribution in [-0.2, 0) is 28.6 Å². The van der Waals surface area contributed by atoms with Crippen molar-refractivity contribution in [3.05, 3.63) is 64.1 Å². The fraction of sp³-hybridized carbons (Fsp3) is 0.423.